The number of carbonyl (C=O) groups is 1. The third kappa shape index (κ3) is 6.06. The topological polar surface area (TPSA) is 108 Å². The minimum Gasteiger partial charge on any atom is -0.495 e. The Bertz CT molecular complexity index is 1430. The Hall–Kier alpha value is -3.18. The van der Waals surface area contributed by atoms with Crippen LogP contribution < -0.4 is 19.7 Å². The van der Waals surface area contributed by atoms with Crippen molar-refractivity contribution in [3.63, 3.8) is 0 Å². The van der Waals surface area contributed by atoms with Crippen LogP contribution in [0.2, 0.25) is 10.0 Å². The van der Waals surface area contributed by atoms with Gasteiger partial charge in [0.05, 0.1) is 66.9 Å². The molecule has 3 aromatic rings. The molecule has 3 atom stereocenters. The van der Waals surface area contributed by atoms with Gasteiger partial charge < -0.3 is 29.2 Å². The zero-order valence-corrected chi connectivity index (χ0v) is 24.8. The SMILES string of the molecule is C=CC(=O)C[C@H]1COC[C@H]1Nc1cc2c(N3CCCC(OC)C3)nc(-c3c(Cl)c(OC)cc(OC)c3Cl)nc2cn1. The number of pyridine rings is 1. The van der Waals surface area contributed by atoms with E-state index in [9.17, 15) is 4.79 Å². The predicted molar refractivity (Wildman–Crippen MR) is 160 cm³/mol. The Kier molecular flexibility index (Phi) is 9.13. The van der Waals surface area contributed by atoms with Crippen LogP contribution in [-0.4, -0.2) is 80.5 Å². The maximum Gasteiger partial charge on any atom is 0.165 e. The van der Waals surface area contributed by atoms with Crippen LogP contribution in [0.1, 0.15) is 19.3 Å². The number of anilines is 2. The van der Waals surface area contributed by atoms with Crippen molar-refractivity contribution in [3.05, 3.63) is 41.0 Å². The van der Waals surface area contributed by atoms with Gasteiger partial charge in [0, 0.05) is 44.0 Å². The number of nitrogens with zero attached hydrogens (tertiary/aromatic N) is 4. The van der Waals surface area contributed by atoms with E-state index in [1.54, 1.807) is 19.4 Å². The first-order valence-corrected chi connectivity index (χ1v) is 14.2. The van der Waals surface area contributed by atoms with E-state index in [2.05, 4.69) is 21.8 Å². The van der Waals surface area contributed by atoms with Gasteiger partial charge in [-0.2, -0.15) is 0 Å². The van der Waals surface area contributed by atoms with Crippen LogP contribution in [0.4, 0.5) is 11.6 Å². The number of ketones is 1. The molecule has 218 valence electrons. The van der Waals surface area contributed by atoms with E-state index in [0.717, 1.165) is 24.8 Å². The quantitative estimate of drug-likeness (QED) is 0.311. The predicted octanol–water partition coefficient (Wildman–Crippen LogP) is 5.20. The highest BCUT2D eigenvalue weighted by Gasteiger charge is 2.31. The largest absolute Gasteiger partial charge is 0.495 e. The average Bonchev–Trinajstić information content (AvgIpc) is 3.42. The fraction of sp³-hybridized carbons (Fsp3) is 0.448. The summed E-state index contributed by atoms with van der Waals surface area (Å²) < 4.78 is 22.3. The number of allylic oxidation sites excluding steroid dienone is 1. The van der Waals surface area contributed by atoms with Crippen molar-refractivity contribution in [2.45, 2.75) is 31.4 Å². The molecule has 0 radical (unpaired) electrons. The normalized spacial score (nSPS) is 20.7. The molecular weight excluding hydrogens is 569 g/mol. The number of nitrogens with one attached hydrogen (secondary N) is 1. The molecule has 2 aliphatic heterocycles. The zero-order valence-electron chi connectivity index (χ0n) is 23.3. The summed E-state index contributed by atoms with van der Waals surface area (Å²) in [5.74, 6) is 2.49. The second kappa shape index (κ2) is 12.8. The molecule has 1 aromatic carbocycles. The first-order chi connectivity index (χ1) is 19.9. The van der Waals surface area contributed by atoms with E-state index >= 15 is 0 Å². The molecule has 10 nitrogen and oxygen atoms in total. The Morgan fingerprint density at radius 3 is 2.61 bits per heavy atom. The summed E-state index contributed by atoms with van der Waals surface area (Å²) in [4.78, 5) is 28.7. The van der Waals surface area contributed by atoms with Gasteiger partial charge in [-0.1, -0.05) is 29.8 Å². The van der Waals surface area contributed by atoms with Crippen molar-refractivity contribution in [2.24, 2.45) is 5.92 Å². The number of hydrogen-bond acceptors (Lipinski definition) is 10. The maximum atomic E-state index is 12.0. The number of fused-ring (bicyclic) bond motifs is 1. The lowest BCUT2D eigenvalue weighted by molar-refractivity contribution is -0.115. The Labute approximate surface area is 248 Å². The molecule has 2 aromatic heterocycles. The third-order valence-electron chi connectivity index (χ3n) is 7.59. The van der Waals surface area contributed by atoms with Crippen LogP contribution in [-0.2, 0) is 14.3 Å². The first kappa shape index (κ1) is 29.3. The zero-order chi connectivity index (χ0) is 29.1. The van der Waals surface area contributed by atoms with Gasteiger partial charge in [0.15, 0.2) is 11.6 Å². The lowest BCUT2D eigenvalue weighted by Gasteiger charge is -2.33. The van der Waals surface area contributed by atoms with E-state index in [-0.39, 0.29) is 33.9 Å². The molecule has 2 saturated heterocycles. The standard InChI is InChI=1S/C29H33Cl2N5O5/c1-5-17(37)9-16-14-41-15-21(16)33-24-10-19-20(12-32-24)34-28(35-29(19)36-8-6-7-18(13-36)38-2)25-26(30)22(39-3)11-23(40-4)27(25)31/h5,10-12,16,18,21H,1,6-9,13-15H2,2-4H3,(H,32,33)/t16-,18?,21+/m0/s1. The van der Waals surface area contributed by atoms with E-state index < -0.39 is 0 Å². The number of rotatable bonds is 10. The molecule has 2 fully saturated rings. The number of aromatic nitrogens is 3. The Morgan fingerprint density at radius 1 is 1.17 bits per heavy atom. The second-order valence-electron chi connectivity index (χ2n) is 10.1. The summed E-state index contributed by atoms with van der Waals surface area (Å²) in [7, 11) is 4.77. The number of piperidine rings is 1. The summed E-state index contributed by atoms with van der Waals surface area (Å²) in [5, 5.41) is 4.83. The van der Waals surface area contributed by atoms with E-state index in [4.69, 9.17) is 52.1 Å². The van der Waals surface area contributed by atoms with Gasteiger partial charge in [-0.25, -0.2) is 15.0 Å². The lowest BCUT2D eigenvalue weighted by Crippen LogP contribution is -2.40. The highest BCUT2D eigenvalue weighted by Crippen LogP contribution is 2.46. The minimum atomic E-state index is -0.0674. The molecule has 2 aliphatic rings. The monoisotopic (exact) mass is 601 g/mol. The number of halogens is 2. The van der Waals surface area contributed by atoms with E-state index in [1.807, 2.05) is 6.07 Å². The van der Waals surface area contributed by atoms with Crippen LogP contribution in [0, 0.1) is 5.92 Å². The highest BCUT2D eigenvalue weighted by molar-refractivity contribution is 6.41. The van der Waals surface area contributed by atoms with Crippen LogP contribution in [0.25, 0.3) is 22.3 Å². The molecule has 12 heteroatoms. The van der Waals surface area contributed by atoms with Gasteiger partial charge in [0.2, 0.25) is 0 Å². The number of carbonyl (C=O) groups excluding carboxylic acids is 1. The van der Waals surface area contributed by atoms with Gasteiger partial charge >= 0.3 is 0 Å². The molecule has 41 heavy (non-hydrogen) atoms. The van der Waals surface area contributed by atoms with Crippen molar-refractivity contribution in [1.82, 2.24) is 15.0 Å². The molecule has 1 unspecified atom stereocenters. The fourth-order valence-electron chi connectivity index (χ4n) is 5.34. The maximum absolute atomic E-state index is 12.0. The first-order valence-electron chi connectivity index (χ1n) is 13.4. The summed E-state index contributed by atoms with van der Waals surface area (Å²) >= 11 is 13.5. The van der Waals surface area contributed by atoms with Gasteiger partial charge in [0.25, 0.3) is 0 Å². The fourth-order valence-corrected chi connectivity index (χ4v) is 6.01. The molecule has 0 spiro atoms. The van der Waals surface area contributed by atoms with E-state index in [0.29, 0.717) is 66.2 Å². The molecule has 1 N–H and O–H groups in total. The van der Waals surface area contributed by atoms with Crippen LogP contribution >= 0.6 is 23.2 Å². The second-order valence-corrected chi connectivity index (χ2v) is 10.9. The van der Waals surface area contributed by atoms with Gasteiger partial charge in [0.1, 0.15) is 23.1 Å². The molecule has 0 amide bonds. The number of hydrogen-bond donors (Lipinski definition) is 1. The summed E-state index contributed by atoms with van der Waals surface area (Å²) in [6.07, 6.45) is 5.40. The molecule has 0 saturated carbocycles. The van der Waals surface area contributed by atoms with E-state index in [1.165, 1.54) is 20.3 Å². The molecule has 0 bridgehead atoms. The third-order valence-corrected chi connectivity index (χ3v) is 8.34. The number of ether oxygens (including phenoxy) is 4. The van der Waals surface area contributed by atoms with Crippen molar-refractivity contribution < 1.29 is 23.7 Å². The van der Waals surface area contributed by atoms with Crippen molar-refractivity contribution in [2.75, 3.05) is 57.8 Å². The summed E-state index contributed by atoms with van der Waals surface area (Å²) in [6, 6.07) is 3.50. The van der Waals surface area contributed by atoms with Crippen molar-refractivity contribution >= 4 is 51.5 Å². The minimum absolute atomic E-state index is 0.00808. The van der Waals surface area contributed by atoms with Crippen LogP contribution in [0.15, 0.2) is 31.0 Å². The molecule has 5 rings (SSSR count). The number of methoxy groups -OCH3 is 3. The molecule has 4 heterocycles. The lowest BCUT2D eigenvalue weighted by atomic mass is 9.97. The van der Waals surface area contributed by atoms with Crippen LogP contribution in [0.3, 0.4) is 0 Å². The summed E-state index contributed by atoms with van der Waals surface area (Å²) in [6.45, 7) is 6.03. The summed E-state index contributed by atoms with van der Waals surface area (Å²) in [5.41, 5.74) is 1.03. The van der Waals surface area contributed by atoms with Crippen LogP contribution in [0.5, 0.6) is 11.5 Å². The molecule has 0 aliphatic carbocycles. The van der Waals surface area contributed by atoms with Gasteiger partial charge in [-0.15, -0.1) is 0 Å². The average molecular weight is 603 g/mol. The highest BCUT2D eigenvalue weighted by atomic mass is 35.5. The Balaban J connectivity index is 1.60. The van der Waals surface area contributed by atoms with Crippen molar-refractivity contribution in [1.29, 1.82) is 0 Å². The number of benzene rings is 1. The van der Waals surface area contributed by atoms with Gasteiger partial charge in [-0.3, -0.25) is 4.79 Å². The Morgan fingerprint density at radius 2 is 1.93 bits per heavy atom. The molecular formula is C29H33Cl2N5O5. The smallest absolute Gasteiger partial charge is 0.165 e. The van der Waals surface area contributed by atoms with Crippen molar-refractivity contribution in [3.8, 4) is 22.9 Å². The van der Waals surface area contributed by atoms with Gasteiger partial charge in [-0.05, 0) is 25.0 Å².